The molecule has 0 amide bonds. The molecule has 0 heterocycles. The Kier molecular flexibility index (Phi) is 14.0. The van der Waals surface area contributed by atoms with Crippen LogP contribution in [0.15, 0.2) is 127 Å². The number of benzene rings is 6. The third-order valence-electron chi connectivity index (χ3n) is 11.3. The first kappa shape index (κ1) is 42.3. The minimum absolute atomic E-state index is 0.407. The second-order valence-corrected chi connectivity index (χ2v) is 24.6. The van der Waals surface area contributed by atoms with Crippen molar-refractivity contribution in [1.82, 2.24) is 0 Å². The molecule has 6 aromatic rings. The van der Waals surface area contributed by atoms with Crippen LogP contribution in [0.4, 0.5) is 0 Å². The summed E-state index contributed by atoms with van der Waals surface area (Å²) in [7, 11) is -0.732. The molecular weight excluding hydrogens is 887 g/mol. The van der Waals surface area contributed by atoms with Crippen LogP contribution in [0.2, 0.25) is 0 Å². The van der Waals surface area contributed by atoms with Gasteiger partial charge in [-0.3, -0.25) is 0 Å². The summed E-state index contributed by atoms with van der Waals surface area (Å²) in [4.78, 5) is 0. The predicted octanol–water partition coefficient (Wildman–Crippen LogP) is 13.2. The van der Waals surface area contributed by atoms with Gasteiger partial charge < -0.3 is 0 Å². The summed E-state index contributed by atoms with van der Waals surface area (Å²) < 4.78 is 3.24. The van der Waals surface area contributed by atoms with Gasteiger partial charge in [-0.1, -0.05) is 0 Å². The molecular formula is C54H63PPb. The summed E-state index contributed by atoms with van der Waals surface area (Å²) in [5.74, 6) is 2.59. The van der Waals surface area contributed by atoms with Crippen molar-refractivity contribution < 1.29 is 0 Å². The van der Waals surface area contributed by atoms with Crippen LogP contribution >= 0.6 is 7.92 Å². The molecule has 0 aliphatic carbocycles. The molecule has 288 valence electrons. The Bertz CT molecular complexity index is 2050. The Morgan fingerprint density at radius 1 is 0.375 bits per heavy atom. The standard InChI is InChI=1S/C36H49.C18H14P.Pb/c1-21(2)29-17-31(23(5)6)35(32(18-29)24(7)8)27-14-13-15-28(16-27)36-33(25(9)10)19-30(22(3)4)20-34(36)26(11)12;1-4-10-16(11-5-1)19(17-12-6-2-7-13-17)18-14-8-3-9-15-18;/h13-15,17-26H,1-12H3;1-14H;. The number of hydrogen-bond acceptors (Lipinski definition) is 0. The van der Waals surface area contributed by atoms with Gasteiger partial charge in [0.15, 0.2) is 0 Å². The molecule has 0 bridgehead atoms. The van der Waals surface area contributed by atoms with Gasteiger partial charge in [0.2, 0.25) is 0 Å². The Morgan fingerprint density at radius 2 is 0.732 bits per heavy atom. The van der Waals surface area contributed by atoms with Gasteiger partial charge >= 0.3 is 356 Å². The fraction of sp³-hybridized carbons (Fsp3) is 0.333. The van der Waals surface area contributed by atoms with Crippen molar-refractivity contribution in [2.45, 2.75) is 119 Å². The average Bonchev–Trinajstić information content (AvgIpc) is 3.18. The van der Waals surface area contributed by atoms with Gasteiger partial charge in [0, 0.05) is 0 Å². The Hall–Kier alpha value is -3.33. The van der Waals surface area contributed by atoms with Crippen LogP contribution < -0.4 is 22.2 Å². The molecule has 6 aromatic carbocycles. The van der Waals surface area contributed by atoms with Crippen molar-refractivity contribution >= 4 is 54.3 Å². The molecule has 0 fully saturated rings. The van der Waals surface area contributed by atoms with Gasteiger partial charge in [0.25, 0.3) is 0 Å². The zero-order valence-electron chi connectivity index (χ0n) is 36.0. The zero-order valence-corrected chi connectivity index (χ0v) is 40.8. The van der Waals surface area contributed by atoms with Crippen molar-refractivity contribution in [3.05, 3.63) is 161 Å². The predicted molar refractivity (Wildman–Crippen MR) is 252 cm³/mol. The van der Waals surface area contributed by atoms with Crippen molar-refractivity contribution in [1.29, 1.82) is 0 Å². The first-order valence-corrected chi connectivity index (χ1v) is 26.3. The monoisotopic (exact) mass is 950 g/mol. The molecule has 0 aliphatic heterocycles. The summed E-state index contributed by atoms with van der Waals surface area (Å²) in [6, 6.07) is 49.7. The second kappa shape index (κ2) is 18.5. The average molecular weight is 950 g/mol. The van der Waals surface area contributed by atoms with Crippen molar-refractivity contribution in [2.75, 3.05) is 0 Å². The molecule has 56 heavy (non-hydrogen) atoms. The minimum atomic E-state index is -1.82. The topological polar surface area (TPSA) is 0 Å². The van der Waals surface area contributed by atoms with E-state index in [2.05, 4.69) is 210 Å². The molecule has 0 nitrogen and oxygen atoms in total. The fourth-order valence-corrected chi connectivity index (χ4v) is 17.5. The molecule has 0 N–H and O–H groups in total. The first-order chi connectivity index (χ1) is 26.8. The summed E-state index contributed by atoms with van der Waals surface area (Å²) in [5, 5.41) is 4.36. The van der Waals surface area contributed by atoms with E-state index in [0.717, 1.165) is 0 Å². The van der Waals surface area contributed by atoms with Crippen LogP contribution in [0.25, 0.3) is 22.3 Å². The van der Waals surface area contributed by atoms with Gasteiger partial charge in [-0.15, -0.1) is 0 Å². The van der Waals surface area contributed by atoms with E-state index in [-0.39, 0.29) is 0 Å². The van der Waals surface area contributed by atoms with Crippen molar-refractivity contribution in [3.8, 4) is 22.3 Å². The third-order valence-corrected chi connectivity index (χ3v) is 20.4. The van der Waals surface area contributed by atoms with Crippen LogP contribution in [-0.2, 0) is 0 Å². The van der Waals surface area contributed by atoms with Crippen LogP contribution in [0.1, 0.15) is 152 Å². The quantitative estimate of drug-likeness (QED) is 0.0799. The maximum absolute atomic E-state index is 2.55. The van der Waals surface area contributed by atoms with E-state index in [4.69, 9.17) is 0 Å². The van der Waals surface area contributed by atoms with E-state index in [1.165, 1.54) is 71.5 Å². The maximum atomic E-state index is 2.55. The molecule has 0 saturated heterocycles. The third kappa shape index (κ3) is 9.03. The van der Waals surface area contributed by atoms with Crippen LogP contribution in [0.3, 0.4) is 0 Å². The second-order valence-electron chi connectivity index (χ2n) is 17.5. The van der Waals surface area contributed by atoms with Gasteiger partial charge in [0.1, 0.15) is 0 Å². The summed E-state index contributed by atoms with van der Waals surface area (Å²) in [5.41, 5.74) is 14.8. The molecule has 0 saturated carbocycles. The molecule has 0 atom stereocenters. The van der Waals surface area contributed by atoms with E-state index >= 15 is 0 Å². The summed E-state index contributed by atoms with van der Waals surface area (Å²) >= 11 is -1.82. The van der Waals surface area contributed by atoms with Crippen molar-refractivity contribution in [3.63, 3.8) is 0 Å². The Labute approximate surface area is 353 Å². The Morgan fingerprint density at radius 3 is 1.09 bits per heavy atom. The molecule has 2 radical (unpaired) electrons. The van der Waals surface area contributed by atoms with E-state index in [0.29, 0.717) is 35.5 Å². The van der Waals surface area contributed by atoms with E-state index in [1.54, 1.807) is 6.25 Å². The van der Waals surface area contributed by atoms with Crippen LogP contribution in [0.5, 0.6) is 0 Å². The fourth-order valence-electron chi connectivity index (χ4n) is 8.13. The number of rotatable bonds is 13. The van der Waals surface area contributed by atoms with Crippen LogP contribution in [-0.4, -0.2) is 24.2 Å². The number of hydrogen-bond donors (Lipinski definition) is 0. The normalized spacial score (nSPS) is 12.1. The zero-order chi connectivity index (χ0) is 40.3. The molecule has 0 aromatic heterocycles. The van der Waals surface area contributed by atoms with E-state index in [1.807, 2.05) is 0 Å². The van der Waals surface area contributed by atoms with Crippen LogP contribution in [0, 0.1) is 0 Å². The summed E-state index contributed by atoms with van der Waals surface area (Å²) in [6.07, 6.45) is 0. The van der Waals surface area contributed by atoms with E-state index in [9.17, 15) is 0 Å². The molecule has 6 rings (SSSR count). The summed E-state index contributed by atoms with van der Waals surface area (Å²) in [6.45, 7) is 28.6. The van der Waals surface area contributed by atoms with E-state index < -0.39 is 32.2 Å². The van der Waals surface area contributed by atoms with Gasteiger partial charge in [0.05, 0.1) is 0 Å². The van der Waals surface area contributed by atoms with Gasteiger partial charge in [-0.2, -0.15) is 0 Å². The first-order valence-electron chi connectivity index (χ1n) is 21.0. The van der Waals surface area contributed by atoms with Gasteiger partial charge in [-0.25, -0.2) is 0 Å². The van der Waals surface area contributed by atoms with Gasteiger partial charge in [-0.05, 0) is 0 Å². The van der Waals surface area contributed by atoms with Crippen molar-refractivity contribution in [2.24, 2.45) is 0 Å². The molecule has 0 aliphatic rings. The molecule has 0 unspecified atom stereocenters. The SMILES string of the molecule is CC(C)c1cc(C(C)C)c(-c2cccc(-c3c(C(C)C)cc(C(C)C)cc3C(C)C)[c]2[Pb][c]2ccccc2P(c2ccccc2)c2ccccc2)c(C(C)C)c1. The molecule has 2 heteroatoms. The Balaban J connectivity index is 1.74. The molecule has 0 spiro atoms.